The van der Waals surface area contributed by atoms with Crippen molar-refractivity contribution in [3.63, 3.8) is 0 Å². The molecule has 0 aliphatic heterocycles. The van der Waals surface area contributed by atoms with Crippen LogP contribution in [0.4, 0.5) is 0 Å². The lowest BCUT2D eigenvalue weighted by Crippen LogP contribution is -1.98. The first kappa shape index (κ1) is 13.6. The molecular weight excluding hydrogens is 256 g/mol. The van der Waals surface area contributed by atoms with Crippen LogP contribution in [0.15, 0.2) is 48.7 Å². The Morgan fingerprint density at radius 1 is 0.762 bits per heavy atom. The second-order valence-corrected chi connectivity index (χ2v) is 5.78. The summed E-state index contributed by atoms with van der Waals surface area (Å²) in [5, 5.41) is 4.53. The lowest BCUT2D eigenvalue weighted by molar-refractivity contribution is 0.856. The lowest BCUT2D eigenvalue weighted by Gasteiger charge is -2.11. The van der Waals surface area contributed by atoms with Gasteiger partial charge in [-0.1, -0.05) is 41.5 Å². The summed E-state index contributed by atoms with van der Waals surface area (Å²) < 4.78 is 1.96. The van der Waals surface area contributed by atoms with Gasteiger partial charge in [0.05, 0.1) is 11.4 Å². The van der Waals surface area contributed by atoms with Gasteiger partial charge in [-0.25, -0.2) is 4.68 Å². The van der Waals surface area contributed by atoms with E-state index in [0.717, 1.165) is 11.4 Å². The molecular formula is C19H20N2. The first-order valence-electron chi connectivity index (χ1n) is 7.25. The summed E-state index contributed by atoms with van der Waals surface area (Å²) in [6, 6.07) is 15.3. The predicted octanol–water partition coefficient (Wildman–Crippen LogP) is 4.77. The maximum absolute atomic E-state index is 4.53. The van der Waals surface area contributed by atoms with Gasteiger partial charge in [0.1, 0.15) is 0 Å². The molecule has 2 heteroatoms. The smallest absolute Gasteiger partial charge is 0.0680 e. The van der Waals surface area contributed by atoms with Crippen molar-refractivity contribution in [2.75, 3.05) is 0 Å². The van der Waals surface area contributed by atoms with Gasteiger partial charge in [-0.15, -0.1) is 0 Å². The molecule has 106 valence electrons. The van der Waals surface area contributed by atoms with Crippen molar-refractivity contribution in [1.82, 2.24) is 9.78 Å². The standard InChI is InChI=1S/C19H20N2/c1-13-9-14(2)11-18(10-13)17-6-5-15(3)19(12-17)21-8-7-16(4)20-21/h5-12H,1-4H3. The SMILES string of the molecule is Cc1cc(C)cc(-c2ccc(C)c(-n3ccc(C)n3)c2)c1. The molecule has 0 aliphatic carbocycles. The maximum atomic E-state index is 4.53. The first-order chi connectivity index (χ1) is 10.0. The lowest BCUT2D eigenvalue weighted by atomic mass is 9.99. The van der Waals surface area contributed by atoms with Gasteiger partial charge in [-0.2, -0.15) is 5.10 Å². The Bertz CT molecular complexity index is 777. The minimum atomic E-state index is 1.03. The van der Waals surface area contributed by atoms with Crippen LogP contribution in [0.3, 0.4) is 0 Å². The van der Waals surface area contributed by atoms with Crippen molar-refractivity contribution < 1.29 is 0 Å². The normalized spacial score (nSPS) is 10.9. The molecule has 0 saturated heterocycles. The highest BCUT2D eigenvalue weighted by molar-refractivity contribution is 5.68. The van der Waals surface area contributed by atoms with Crippen molar-refractivity contribution in [3.05, 3.63) is 71.0 Å². The third-order valence-corrected chi connectivity index (χ3v) is 3.73. The number of hydrogen-bond donors (Lipinski definition) is 0. The fourth-order valence-corrected chi connectivity index (χ4v) is 2.73. The molecule has 1 aromatic heterocycles. The minimum Gasteiger partial charge on any atom is -0.240 e. The predicted molar refractivity (Wildman–Crippen MR) is 87.9 cm³/mol. The zero-order valence-electron chi connectivity index (χ0n) is 13.0. The average molecular weight is 276 g/mol. The van der Waals surface area contributed by atoms with Crippen molar-refractivity contribution in [2.45, 2.75) is 27.7 Å². The zero-order valence-corrected chi connectivity index (χ0v) is 13.0. The van der Waals surface area contributed by atoms with Crippen LogP contribution in [0.1, 0.15) is 22.4 Å². The Kier molecular flexibility index (Phi) is 3.38. The van der Waals surface area contributed by atoms with E-state index in [1.54, 1.807) is 0 Å². The molecule has 0 spiro atoms. The number of benzene rings is 2. The molecule has 0 fully saturated rings. The first-order valence-corrected chi connectivity index (χ1v) is 7.25. The van der Waals surface area contributed by atoms with E-state index >= 15 is 0 Å². The van der Waals surface area contributed by atoms with E-state index in [1.165, 1.54) is 27.8 Å². The monoisotopic (exact) mass is 276 g/mol. The molecule has 2 nitrogen and oxygen atoms in total. The topological polar surface area (TPSA) is 17.8 Å². The molecule has 1 heterocycles. The van der Waals surface area contributed by atoms with Gasteiger partial charge in [-0.3, -0.25) is 0 Å². The molecule has 0 N–H and O–H groups in total. The van der Waals surface area contributed by atoms with E-state index < -0.39 is 0 Å². The van der Waals surface area contributed by atoms with E-state index in [1.807, 2.05) is 23.9 Å². The number of aromatic nitrogens is 2. The van der Waals surface area contributed by atoms with Crippen molar-refractivity contribution in [2.24, 2.45) is 0 Å². The van der Waals surface area contributed by atoms with Crippen molar-refractivity contribution >= 4 is 0 Å². The van der Waals surface area contributed by atoms with Gasteiger partial charge < -0.3 is 0 Å². The van der Waals surface area contributed by atoms with Crippen LogP contribution in [0.25, 0.3) is 16.8 Å². The van der Waals surface area contributed by atoms with Crippen molar-refractivity contribution in [3.8, 4) is 16.8 Å². The highest BCUT2D eigenvalue weighted by Gasteiger charge is 2.06. The molecule has 0 bridgehead atoms. The van der Waals surface area contributed by atoms with E-state index in [4.69, 9.17) is 0 Å². The maximum Gasteiger partial charge on any atom is 0.0680 e. The van der Waals surface area contributed by atoms with Crippen LogP contribution < -0.4 is 0 Å². The van der Waals surface area contributed by atoms with Crippen LogP contribution in [-0.2, 0) is 0 Å². The summed E-state index contributed by atoms with van der Waals surface area (Å²) in [4.78, 5) is 0. The summed E-state index contributed by atoms with van der Waals surface area (Å²) in [5.74, 6) is 0. The largest absolute Gasteiger partial charge is 0.240 e. The summed E-state index contributed by atoms with van der Waals surface area (Å²) in [7, 11) is 0. The molecule has 3 rings (SSSR count). The summed E-state index contributed by atoms with van der Waals surface area (Å²) in [6.07, 6.45) is 2.02. The van der Waals surface area contributed by atoms with E-state index in [0.29, 0.717) is 0 Å². The summed E-state index contributed by atoms with van der Waals surface area (Å²) >= 11 is 0. The van der Waals surface area contributed by atoms with Gasteiger partial charge >= 0.3 is 0 Å². The number of hydrogen-bond acceptors (Lipinski definition) is 1. The Morgan fingerprint density at radius 3 is 2.10 bits per heavy atom. The van der Waals surface area contributed by atoms with Gasteiger partial charge in [-0.05, 0) is 56.5 Å². The molecule has 0 saturated carbocycles. The third kappa shape index (κ3) is 2.75. The number of nitrogens with zero attached hydrogens (tertiary/aromatic N) is 2. The molecule has 0 atom stereocenters. The summed E-state index contributed by atoms with van der Waals surface area (Å²) in [5.41, 5.74) is 8.48. The fraction of sp³-hybridized carbons (Fsp3) is 0.211. The molecule has 0 unspecified atom stereocenters. The Hall–Kier alpha value is -2.35. The number of aryl methyl sites for hydroxylation is 4. The van der Waals surface area contributed by atoms with E-state index in [2.05, 4.69) is 62.3 Å². The van der Waals surface area contributed by atoms with Gasteiger partial charge in [0.25, 0.3) is 0 Å². The van der Waals surface area contributed by atoms with Crippen LogP contribution in [0.5, 0.6) is 0 Å². The molecule has 0 aliphatic rings. The van der Waals surface area contributed by atoms with Crippen LogP contribution in [-0.4, -0.2) is 9.78 Å². The zero-order chi connectivity index (χ0) is 15.0. The fourth-order valence-electron chi connectivity index (χ4n) is 2.73. The molecule has 21 heavy (non-hydrogen) atoms. The second-order valence-electron chi connectivity index (χ2n) is 5.78. The van der Waals surface area contributed by atoms with Gasteiger partial charge in [0.15, 0.2) is 0 Å². The second kappa shape index (κ2) is 5.21. The third-order valence-electron chi connectivity index (χ3n) is 3.73. The molecule has 2 aromatic carbocycles. The Balaban J connectivity index is 2.13. The van der Waals surface area contributed by atoms with Gasteiger partial charge in [0, 0.05) is 6.20 Å². The molecule has 3 aromatic rings. The molecule has 0 amide bonds. The van der Waals surface area contributed by atoms with Crippen LogP contribution in [0, 0.1) is 27.7 Å². The Labute approximate surface area is 126 Å². The van der Waals surface area contributed by atoms with E-state index in [-0.39, 0.29) is 0 Å². The highest BCUT2D eigenvalue weighted by atomic mass is 15.3. The van der Waals surface area contributed by atoms with Gasteiger partial charge in [0.2, 0.25) is 0 Å². The number of rotatable bonds is 2. The van der Waals surface area contributed by atoms with E-state index in [9.17, 15) is 0 Å². The summed E-state index contributed by atoms with van der Waals surface area (Å²) in [6.45, 7) is 8.42. The quantitative estimate of drug-likeness (QED) is 0.659. The Morgan fingerprint density at radius 2 is 1.48 bits per heavy atom. The van der Waals surface area contributed by atoms with Crippen LogP contribution >= 0.6 is 0 Å². The molecule has 0 radical (unpaired) electrons. The highest BCUT2D eigenvalue weighted by Crippen LogP contribution is 2.26. The minimum absolute atomic E-state index is 1.03. The van der Waals surface area contributed by atoms with Crippen molar-refractivity contribution in [1.29, 1.82) is 0 Å². The average Bonchev–Trinajstić information content (AvgIpc) is 2.84. The van der Waals surface area contributed by atoms with Crippen LogP contribution in [0.2, 0.25) is 0 Å².